The molecule has 0 aromatic heterocycles. The molecule has 3 rings (SSSR count). The van der Waals surface area contributed by atoms with Crippen LogP contribution < -0.4 is 10.2 Å². The molecule has 0 radical (unpaired) electrons. The molecule has 2 aliphatic heterocycles. The first-order valence-corrected chi connectivity index (χ1v) is 9.02. The Morgan fingerprint density at radius 3 is 2.70 bits per heavy atom. The van der Waals surface area contributed by atoms with E-state index in [0.717, 1.165) is 12.3 Å². The molecule has 1 aromatic carbocycles. The molecule has 0 spiro atoms. The third-order valence-electron chi connectivity index (χ3n) is 4.00. The molecule has 2 aliphatic rings. The third-order valence-corrected chi connectivity index (χ3v) is 4.96. The number of thioether (sulfide) groups is 1. The lowest BCUT2D eigenvalue weighted by Crippen LogP contribution is -2.45. The van der Waals surface area contributed by atoms with E-state index in [1.165, 1.54) is 6.07 Å². The molecule has 2 fully saturated rings. The lowest BCUT2D eigenvalue weighted by molar-refractivity contribution is -0.00539. The number of benzene rings is 1. The molecule has 2 amide bonds. The average Bonchev–Trinajstić information content (AvgIpc) is 3.00. The van der Waals surface area contributed by atoms with Crippen molar-refractivity contribution in [1.29, 1.82) is 0 Å². The van der Waals surface area contributed by atoms with Crippen molar-refractivity contribution in [2.75, 3.05) is 41.5 Å². The summed E-state index contributed by atoms with van der Waals surface area (Å²) in [5.41, 5.74) is 1.05. The van der Waals surface area contributed by atoms with Gasteiger partial charge < -0.3 is 19.9 Å². The highest BCUT2D eigenvalue weighted by atomic mass is 32.2. The van der Waals surface area contributed by atoms with Gasteiger partial charge in [-0.25, -0.2) is 9.18 Å². The summed E-state index contributed by atoms with van der Waals surface area (Å²) in [6.45, 7) is 6.04. The standard InChI is InChI=1S/C16H22FN3O2S/c1-11-8-20(9-12(2)22-11)15-4-3-13(7-14(15)17)18-16(21)19-5-6-23-10-19/h3-4,7,11-12H,5-6,8-10H2,1-2H3,(H,18,21)/t11-,12-/m0/s1. The fourth-order valence-electron chi connectivity index (χ4n) is 2.99. The number of carbonyl (C=O) groups excluding carboxylic acids is 1. The lowest BCUT2D eigenvalue weighted by atomic mass is 10.2. The summed E-state index contributed by atoms with van der Waals surface area (Å²) < 4.78 is 20.1. The van der Waals surface area contributed by atoms with Crippen molar-refractivity contribution in [2.24, 2.45) is 0 Å². The van der Waals surface area contributed by atoms with Crippen LogP contribution in [-0.4, -0.2) is 54.4 Å². The molecule has 2 saturated heterocycles. The molecule has 7 heteroatoms. The summed E-state index contributed by atoms with van der Waals surface area (Å²) in [5, 5.41) is 2.76. The number of nitrogens with one attached hydrogen (secondary N) is 1. The SMILES string of the molecule is C[C@H]1CN(c2ccc(NC(=O)N3CCSC3)cc2F)C[C@H](C)O1. The minimum atomic E-state index is -0.320. The van der Waals surface area contributed by atoms with Gasteiger partial charge in [0.15, 0.2) is 0 Å². The Morgan fingerprint density at radius 2 is 2.09 bits per heavy atom. The van der Waals surface area contributed by atoms with Crippen LogP contribution in [0.2, 0.25) is 0 Å². The van der Waals surface area contributed by atoms with Crippen molar-refractivity contribution in [3.63, 3.8) is 0 Å². The molecule has 23 heavy (non-hydrogen) atoms. The van der Waals surface area contributed by atoms with E-state index < -0.39 is 0 Å². The number of urea groups is 1. The van der Waals surface area contributed by atoms with Gasteiger partial charge in [-0.1, -0.05) is 0 Å². The zero-order chi connectivity index (χ0) is 16.4. The Hall–Kier alpha value is -1.47. The number of rotatable bonds is 2. The van der Waals surface area contributed by atoms with Crippen molar-refractivity contribution < 1.29 is 13.9 Å². The van der Waals surface area contributed by atoms with Gasteiger partial charge in [-0.15, -0.1) is 11.8 Å². The van der Waals surface area contributed by atoms with E-state index >= 15 is 0 Å². The molecule has 1 aromatic rings. The summed E-state index contributed by atoms with van der Waals surface area (Å²) in [6, 6.07) is 4.70. The number of morpholine rings is 1. The molecule has 0 aliphatic carbocycles. The molecule has 0 unspecified atom stereocenters. The van der Waals surface area contributed by atoms with Gasteiger partial charge in [-0.2, -0.15) is 0 Å². The quantitative estimate of drug-likeness (QED) is 0.900. The van der Waals surface area contributed by atoms with Crippen LogP contribution in [0.5, 0.6) is 0 Å². The van der Waals surface area contributed by atoms with Crippen molar-refractivity contribution in [1.82, 2.24) is 4.90 Å². The predicted octanol–water partition coefficient (Wildman–Crippen LogP) is 2.98. The van der Waals surface area contributed by atoms with Crippen LogP contribution >= 0.6 is 11.8 Å². The zero-order valence-electron chi connectivity index (χ0n) is 13.4. The highest BCUT2D eigenvalue weighted by Gasteiger charge is 2.24. The van der Waals surface area contributed by atoms with Crippen molar-refractivity contribution >= 4 is 29.2 Å². The van der Waals surface area contributed by atoms with Crippen LogP contribution in [0.25, 0.3) is 0 Å². The van der Waals surface area contributed by atoms with Gasteiger partial charge in [0.05, 0.1) is 23.8 Å². The van der Waals surface area contributed by atoms with Gasteiger partial charge in [0, 0.05) is 31.1 Å². The maximum absolute atomic E-state index is 14.5. The van der Waals surface area contributed by atoms with E-state index in [2.05, 4.69) is 5.32 Å². The van der Waals surface area contributed by atoms with E-state index in [1.807, 2.05) is 18.7 Å². The van der Waals surface area contributed by atoms with Crippen LogP contribution in [0.15, 0.2) is 18.2 Å². The van der Waals surface area contributed by atoms with Gasteiger partial charge in [0.1, 0.15) is 5.82 Å². The van der Waals surface area contributed by atoms with Crippen LogP contribution in [0.1, 0.15) is 13.8 Å². The minimum Gasteiger partial charge on any atom is -0.372 e. The van der Waals surface area contributed by atoms with Crippen molar-refractivity contribution in [3.8, 4) is 0 Å². The van der Waals surface area contributed by atoms with E-state index in [-0.39, 0.29) is 24.1 Å². The number of halogens is 1. The number of carbonyl (C=O) groups is 1. The fourth-order valence-corrected chi connectivity index (χ4v) is 3.94. The summed E-state index contributed by atoms with van der Waals surface area (Å²) in [4.78, 5) is 15.8. The summed E-state index contributed by atoms with van der Waals surface area (Å²) in [6.07, 6.45) is 0.149. The van der Waals surface area contributed by atoms with Crippen LogP contribution in [0.4, 0.5) is 20.6 Å². The van der Waals surface area contributed by atoms with E-state index in [4.69, 9.17) is 4.74 Å². The molecule has 1 N–H and O–H groups in total. The first kappa shape index (κ1) is 16.4. The monoisotopic (exact) mass is 339 g/mol. The highest BCUT2D eigenvalue weighted by Crippen LogP contribution is 2.26. The maximum atomic E-state index is 14.5. The van der Waals surface area contributed by atoms with Gasteiger partial charge in [-0.3, -0.25) is 0 Å². The summed E-state index contributed by atoms with van der Waals surface area (Å²) in [7, 11) is 0. The van der Waals surface area contributed by atoms with Crippen molar-refractivity contribution in [3.05, 3.63) is 24.0 Å². The first-order chi connectivity index (χ1) is 11.0. The number of amides is 2. The van der Waals surface area contributed by atoms with E-state index in [9.17, 15) is 9.18 Å². The number of hydrogen-bond acceptors (Lipinski definition) is 4. The normalized spacial score (nSPS) is 24.8. The first-order valence-electron chi connectivity index (χ1n) is 7.86. The Kier molecular flexibility index (Phi) is 4.96. The molecular formula is C16H22FN3O2S. The largest absolute Gasteiger partial charge is 0.372 e. The number of anilines is 2. The Bertz CT molecular complexity index is 570. The summed E-state index contributed by atoms with van der Waals surface area (Å²) >= 11 is 1.72. The molecule has 126 valence electrons. The van der Waals surface area contributed by atoms with Gasteiger partial charge in [0.2, 0.25) is 0 Å². The smallest absolute Gasteiger partial charge is 0.322 e. The molecule has 2 atom stereocenters. The van der Waals surface area contributed by atoms with E-state index in [1.54, 1.807) is 28.8 Å². The summed E-state index contributed by atoms with van der Waals surface area (Å²) in [5.74, 6) is 1.32. The third kappa shape index (κ3) is 3.90. The Morgan fingerprint density at radius 1 is 1.35 bits per heavy atom. The molecule has 2 heterocycles. The maximum Gasteiger partial charge on any atom is 0.322 e. The Balaban J connectivity index is 1.69. The number of hydrogen-bond donors (Lipinski definition) is 1. The number of nitrogens with zero attached hydrogens (tertiary/aromatic N) is 2. The van der Waals surface area contributed by atoms with Gasteiger partial charge in [0.25, 0.3) is 0 Å². The topological polar surface area (TPSA) is 44.8 Å². The zero-order valence-corrected chi connectivity index (χ0v) is 14.2. The predicted molar refractivity (Wildman–Crippen MR) is 91.7 cm³/mol. The second-order valence-corrected chi connectivity index (χ2v) is 7.13. The highest BCUT2D eigenvalue weighted by molar-refractivity contribution is 7.99. The molecule has 5 nitrogen and oxygen atoms in total. The van der Waals surface area contributed by atoms with Crippen molar-refractivity contribution in [2.45, 2.75) is 26.1 Å². The second kappa shape index (κ2) is 6.97. The van der Waals surface area contributed by atoms with E-state index in [0.29, 0.717) is 30.3 Å². The van der Waals surface area contributed by atoms with Crippen LogP contribution in [0, 0.1) is 5.82 Å². The van der Waals surface area contributed by atoms with Crippen LogP contribution in [0.3, 0.4) is 0 Å². The Labute approximate surface area is 140 Å². The van der Waals surface area contributed by atoms with Gasteiger partial charge in [-0.05, 0) is 32.0 Å². The van der Waals surface area contributed by atoms with Crippen LogP contribution in [-0.2, 0) is 4.74 Å². The fraction of sp³-hybridized carbons (Fsp3) is 0.562. The molecule has 0 saturated carbocycles. The lowest BCUT2D eigenvalue weighted by Gasteiger charge is -2.37. The van der Waals surface area contributed by atoms with Gasteiger partial charge >= 0.3 is 6.03 Å². The second-order valence-electron chi connectivity index (χ2n) is 6.06. The molecular weight excluding hydrogens is 317 g/mol. The molecule has 0 bridgehead atoms. The average molecular weight is 339 g/mol. The number of ether oxygens (including phenoxy) is 1. The minimum absolute atomic E-state index is 0.0743.